The molecule has 18 heavy (non-hydrogen) atoms. The highest BCUT2D eigenvalue weighted by atomic mass is 16.6. The van der Waals surface area contributed by atoms with Gasteiger partial charge >= 0.3 is 0 Å². The average molecular weight is 247 g/mol. The number of aromatic nitrogens is 3. The molecule has 0 spiro atoms. The number of nitrogens with zero attached hydrogens (tertiary/aromatic N) is 4. The van der Waals surface area contributed by atoms with E-state index in [2.05, 4.69) is 15.4 Å². The predicted octanol–water partition coefficient (Wildman–Crippen LogP) is 1.64. The fourth-order valence-corrected chi connectivity index (χ4v) is 1.62. The Bertz CT molecular complexity index is 579. The molecule has 0 atom stereocenters. The zero-order chi connectivity index (χ0) is 13.1. The van der Waals surface area contributed by atoms with Crippen molar-refractivity contribution >= 4 is 11.4 Å². The minimum atomic E-state index is -0.389. The van der Waals surface area contributed by atoms with Crippen molar-refractivity contribution in [3.63, 3.8) is 0 Å². The van der Waals surface area contributed by atoms with E-state index in [1.807, 2.05) is 0 Å². The monoisotopic (exact) mass is 247 g/mol. The molecule has 2 rings (SSSR count). The van der Waals surface area contributed by atoms with Crippen LogP contribution in [0.2, 0.25) is 0 Å². The van der Waals surface area contributed by atoms with Crippen molar-refractivity contribution in [2.75, 3.05) is 5.32 Å². The maximum Gasteiger partial charge on any atom is 0.272 e. The SMILES string of the molecule is Cc1cc(NCc2ncn(C)n2)ccc1[N+](=O)[O-]. The van der Waals surface area contributed by atoms with Crippen LogP contribution in [-0.4, -0.2) is 19.7 Å². The first-order chi connectivity index (χ1) is 8.56. The normalized spacial score (nSPS) is 10.3. The summed E-state index contributed by atoms with van der Waals surface area (Å²) in [5.41, 5.74) is 1.56. The van der Waals surface area contributed by atoms with Gasteiger partial charge < -0.3 is 5.32 Å². The van der Waals surface area contributed by atoms with Gasteiger partial charge in [-0.05, 0) is 19.1 Å². The smallest absolute Gasteiger partial charge is 0.272 e. The summed E-state index contributed by atoms with van der Waals surface area (Å²) in [5.74, 6) is 0.675. The number of nitro groups is 1. The van der Waals surface area contributed by atoms with E-state index in [-0.39, 0.29) is 10.6 Å². The lowest BCUT2D eigenvalue weighted by atomic mass is 10.2. The van der Waals surface area contributed by atoms with Gasteiger partial charge in [0, 0.05) is 24.4 Å². The summed E-state index contributed by atoms with van der Waals surface area (Å²) in [6, 6.07) is 4.90. The molecule has 0 unspecified atom stereocenters. The lowest BCUT2D eigenvalue weighted by Crippen LogP contribution is -2.03. The summed E-state index contributed by atoms with van der Waals surface area (Å²) in [6.07, 6.45) is 1.62. The Morgan fingerprint density at radius 1 is 1.50 bits per heavy atom. The maximum atomic E-state index is 10.7. The third-order valence-corrected chi connectivity index (χ3v) is 2.49. The van der Waals surface area contributed by atoms with Gasteiger partial charge in [-0.1, -0.05) is 0 Å². The van der Waals surface area contributed by atoms with Crippen LogP contribution >= 0.6 is 0 Å². The van der Waals surface area contributed by atoms with Crippen molar-refractivity contribution in [1.82, 2.24) is 14.8 Å². The van der Waals surface area contributed by atoms with Gasteiger partial charge in [-0.2, -0.15) is 5.10 Å². The molecule has 1 heterocycles. The molecule has 0 fully saturated rings. The molecule has 7 nitrogen and oxygen atoms in total. The fraction of sp³-hybridized carbons (Fsp3) is 0.273. The summed E-state index contributed by atoms with van der Waals surface area (Å²) in [5, 5.41) is 17.9. The largest absolute Gasteiger partial charge is 0.378 e. The second kappa shape index (κ2) is 4.82. The van der Waals surface area contributed by atoms with E-state index < -0.39 is 0 Å². The Morgan fingerprint density at radius 2 is 2.28 bits per heavy atom. The Morgan fingerprint density at radius 3 is 2.83 bits per heavy atom. The lowest BCUT2D eigenvalue weighted by molar-refractivity contribution is -0.385. The molecular formula is C11H13N5O2. The number of rotatable bonds is 4. The van der Waals surface area contributed by atoms with Crippen molar-refractivity contribution in [2.45, 2.75) is 13.5 Å². The standard InChI is InChI=1S/C11H13N5O2/c1-8-5-9(3-4-10(8)16(17)18)12-6-11-13-7-15(2)14-11/h3-5,7,12H,6H2,1-2H3. The predicted molar refractivity (Wildman–Crippen MR) is 66.2 cm³/mol. The lowest BCUT2D eigenvalue weighted by Gasteiger charge is -2.05. The summed E-state index contributed by atoms with van der Waals surface area (Å²) in [6.45, 7) is 2.19. The van der Waals surface area contributed by atoms with Crippen molar-refractivity contribution in [2.24, 2.45) is 7.05 Å². The van der Waals surface area contributed by atoms with Crippen LogP contribution in [0, 0.1) is 17.0 Å². The average Bonchev–Trinajstić information content (AvgIpc) is 2.72. The Kier molecular flexibility index (Phi) is 3.22. The first-order valence-corrected chi connectivity index (χ1v) is 5.39. The summed E-state index contributed by atoms with van der Waals surface area (Å²) < 4.78 is 1.62. The van der Waals surface area contributed by atoms with Gasteiger partial charge in [0.25, 0.3) is 5.69 Å². The van der Waals surface area contributed by atoms with Crippen LogP contribution in [0.4, 0.5) is 11.4 Å². The highest BCUT2D eigenvalue weighted by molar-refractivity contribution is 5.53. The summed E-state index contributed by atoms with van der Waals surface area (Å²) in [7, 11) is 1.80. The van der Waals surface area contributed by atoms with Gasteiger partial charge in [-0.25, -0.2) is 4.98 Å². The van der Waals surface area contributed by atoms with E-state index in [1.54, 1.807) is 37.1 Å². The van der Waals surface area contributed by atoms with Crippen molar-refractivity contribution in [3.05, 3.63) is 46.0 Å². The molecule has 1 aromatic heterocycles. The van der Waals surface area contributed by atoms with E-state index in [4.69, 9.17) is 0 Å². The number of aryl methyl sites for hydroxylation is 2. The number of anilines is 1. The van der Waals surface area contributed by atoms with Gasteiger partial charge in [-0.15, -0.1) is 0 Å². The summed E-state index contributed by atoms with van der Waals surface area (Å²) >= 11 is 0. The van der Waals surface area contributed by atoms with Crippen LogP contribution in [0.3, 0.4) is 0 Å². The number of hydrogen-bond acceptors (Lipinski definition) is 5. The van der Waals surface area contributed by atoms with Gasteiger partial charge in [0.1, 0.15) is 6.33 Å². The molecular weight excluding hydrogens is 234 g/mol. The Labute approximate surface area is 104 Å². The Hall–Kier alpha value is -2.44. The molecule has 0 aliphatic heterocycles. The first kappa shape index (κ1) is 12.0. The van der Waals surface area contributed by atoms with E-state index in [0.29, 0.717) is 17.9 Å². The van der Waals surface area contributed by atoms with Gasteiger partial charge in [0.05, 0.1) is 11.5 Å². The van der Waals surface area contributed by atoms with Crippen LogP contribution in [0.1, 0.15) is 11.4 Å². The minimum absolute atomic E-state index is 0.122. The van der Waals surface area contributed by atoms with Gasteiger partial charge in [-0.3, -0.25) is 14.8 Å². The molecule has 0 saturated heterocycles. The highest BCUT2D eigenvalue weighted by Crippen LogP contribution is 2.21. The molecule has 0 bridgehead atoms. The van der Waals surface area contributed by atoms with Crippen LogP contribution in [0.15, 0.2) is 24.5 Å². The molecule has 0 radical (unpaired) electrons. The van der Waals surface area contributed by atoms with Gasteiger partial charge in [0.2, 0.25) is 0 Å². The number of hydrogen-bond donors (Lipinski definition) is 1. The fourth-order valence-electron chi connectivity index (χ4n) is 1.62. The van der Waals surface area contributed by atoms with Crippen molar-refractivity contribution < 1.29 is 4.92 Å². The van der Waals surface area contributed by atoms with Crippen molar-refractivity contribution in [1.29, 1.82) is 0 Å². The molecule has 2 aromatic rings. The highest BCUT2D eigenvalue weighted by Gasteiger charge is 2.10. The second-order valence-corrected chi connectivity index (χ2v) is 3.95. The van der Waals surface area contributed by atoms with E-state index >= 15 is 0 Å². The zero-order valence-electron chi connectivity index (χ0n) is 10.1. The second-order valence-electron chi connectivity index (χ2n) is 3.95. The van der Waals surface area contributed by atoms with E-state index in [9.17, 15) is 10.1 Å². The molecule has 1 aromatic carbocycles. The molecule has 0 saturated carbocycles. The molecule has 1 N–H and O–H groups in total. The minimum Gasteiger partial charge on any atom is -0.378 e. The van der Waals surface area contributed by atoms with Gasteiger partial charge in [0.15, 0.2) is 5.82 Å². The van der Waals surface area contributed by atoms with Crippen LogP contribution in [-0.2, 0) is 13.6 Å². The van der Waals surface area contributed by atoms with Crippen molar-refractivity contribution in [3.8, 4) is 0 Å². The quantitative estimate of drug-likeness (QED) is 0.655. The van der Waals surface area contributed by atoms with Crippen LogP contribution < -0.4 is 5.32 Å². The Balaban J connectivity index is 2.06. The summed E-state index contributed by atoms with van der Waals surface area (Å²) in [4.78, 5) is 14.4. The van der Waals surface area contributed by atoms with Crippen LogP contribution in [0.5, 0.6) is 0 Å². The third kappa shape index (κ3) is 2.62. The molecule has 0 aliphatic rings. The number of benzene rings is 1. The van der Waals surface area contributed by atoms with E-state index in [0.717, 1.165) is 5.69 Å². The van der Waals surface area contributed by atoms with Crippen LogP contribution in [0.25, 0.3) is 0 Å². The number of nitro benzene ring substituents is 1. The molecule has 0 amide bonds. The van der Waals surface area contributed by atoms with E-state index in [1.165, 1.54) is 6.07 Å². The molecule has 7 heteroatoms. The topological polar surface area (TPSA) is 85.9 Å². The maximum absolute atomic E-state index is 10.7. The molecule has 94 valence electrons. The third-order valence-electron chi connectivity index (χ3n) is 2.49. The molecule has 0 aliphatic carbocycles. The zero-order valence-corrected chi connectivity index (χ0v) is 10.1. The first-order valence-electron chi connectivity index (χ1n) is 5.39. The number of nitrogens with one attached hydrogen (secondary N) is 1.